The largest absolute Gasteiger partial charge is 0.468 e. The van der Waals surface area contributed by atoms with Gasteiger partial charge in [-0.15, -0.1) is 23.1 Å². The molecule has 0 bridgehead atoms. The van der Waals surface area contributed by atoms with Gasteiger partial charge >= 0.3 is 11.9 Å². The third-order valence-corrected chi connectivity index (χ3v) is 5.63. The Bertz CT molecular complexity index is 586. The van der Waals surface area contributed by atoms with Crippen LogP contribution in [0.3, 0.4) is 0 Å². The van der Waals surface area contributed by atoms with E-state index < -0.39 is 11.2 Å². The highest BCUT2D eigenvalue weighted by Crippen LogP contribution is 2.23. The van der Waals surface area contributed by atoms with Gasteiger partial charge in [0, 0.05) is 23.7 Å². The minimum atomic E-state index is -0.757. The van der Waals surface area contributed by atoms with Gasteiger partial charge in [0.25, 0.3) is 0 Å². The number of hydrogen-bond acceptors (Lipinski definition) is 7. The first-order valence-corrected chi connectivity index (χ1v) is 9.17. The fourth-order valence-corrected chi connectivity index (χ4v) is 4.17. The molecule has 8 heteroatoms. The van der Waals surface area contributed by atoms with Crippen LogP contribution in [0, 0.1) is 0 Å². The summed E-state index contributed by atoms with van der Waals surface area (Å²) >= 11 is 2.69. The molecule has 1 saturated heterocycles. The van der Waals surface area contributed by atoms with Gasteiger partial charge in [0.15, 0.2) is 5.25 Å². The van der Waals surface area contributed by atoms with Crippen LogP contribution in [0.25, 0.3) is 0 Å². The van der Waals surface area contributed by atoms with Crippen molar-refractivity contribution in [3.05, 3.63) is 21.9 Å². The van der Waals surface area contributed by atoms with E-state index in [0.717, 1.165) is 4.88 Å². The second kappa shape index (κ2) is 8.35. The van der Waals surface area contributed by atoms with Crippen molar-refractivity contribution in [2.75, 3.05) is 32.6 Å². The summed E-state index contributed by atoms with van der Waals surface area (Å²) in [6, 6.07) is 3.61. The van der Waals surface area contributed by atoms with Gasteiger partial charge in [-0.3, -0.25) is 9.59 Å². The Kier molecular flexibility index (Phi) is 6.47. The molecule has 0 radical (unpaired) electrons. The van der Waals surface area contributed by atoms with E-state index >= 15 is 0 Å². The van der Waals surface area contributed by atoms with Gasteiger partial charge < -0.3 is 14.4 Å². The van der Waals surface area contributed by atoms with Gasteiger partial charge in [-0.05, 0) is 25.5 Å². The number of carbonyl (C=O) groups is 3. The van der Waals surface area contributed by atoms with Crippen molar-refractivity contribution < 1.29 is 23.9 Å². The Morgan fingerprint density at radius 1 is 1.39 bits per heavy atom. The SMILES string of the molecule is CCOC(=O)c1ccc(CCN2CCS[C@@H](C(=O)OC)C2=O)s1. The number of nitrogens with zero attached hydrogens (tertiary/aromatic N) is 1. The lowest BCUT2D eigenvalue weighted by molar-refractivity contribution is -0.146. The second-order valence-electron chi connectivity index (χ2n) is 4.84. The summed E-state index contributed by atoms with van der Waals surface area (Å²) < 4.78 is 9.63. The van der Waals surface area contributed by atoms with Crippen molar-refractivity contribution in [3.8, 4) is 0 Å². The Morgan fingerprint density at radius 3 is 2.87 bits per heavy atom. The molecule has 1 aliphatic rings. The molecular formula is C15H19NO5S2. The standard InChI is InChI=1S/C15H19NO5S2/c1-3-21-14(18)11-5-4-10(23-11)6-7-16-8-9-22-12(13(16)17)15(19)20-2/h4-5,12H,3,6-9H2,1-2H3/t12-/m1/s1. The molecule has 0 aromatic carbocycles. The molecule has 1 aromatic heterocycles. The molecule has 0 saturated carbocycles. The highest BCUT2D eigenvalue weighted by Gasteiger charge is 2.35. The van der Waals surface area contributed by atoms with Crippen molar-refractivity contribution in [1.82, 2.24) is 4.90 Å². The van der Waals surface area contributed by atoms with E-state index in [1.54, 1.807) is 17.9 Å². The number of hydrogen-bond donors (Lipinski definition) is 0. The van der Waals surface area contributed by atoms with Gasteiger partial charge in [0.2, 0.25) is 5.91 Å². The number of amides is 1. The molecule has 126 valence electrons. The fourth-order valence-electron chi connectivity index (χ4n) is 2.20. The van der Waals surface area contributed by atoms with Gasteiger partial charge in [-0.2, -0.15) is 0 Å². The van der Waals surface area contributed by atoms with E-state index in [-0.39, 0.29) is 11.9 Å². The van der Waals surface area contributed by atoms with Gasteiger partial charge in [0.1, 0.15) is 4.88 Å². The Balaban J connectivity index is 1.91. The average molecular weight is 357 g/mol. The van der Waals surface area contributed by atoms with Gasteiger partial charge in [-0.1, -0.05) is 0 Å². The number of ether oxygens (including phenoxy) is 2. The molecule has 1 fully saturated rings. The monoisotopic (exact) mass is 357 g/mol. The quantitative estimate of drug-likeness (QED) is 0.569. The van der Waals surface area contributed by atoms with Crippen LogP contribution in [0.2, 0.25) is 0 Å². The van der Waals surface area contributed by atoms with Crippen LogP contribution in [-0.4, -0.2) is 60.6 Å². The molecule has 0 unspecified atom stereocenters. The van der Waals surface area contributed by atoms with Crippen molar-refractivity contribution in [1.29, 1.82) is 0 Å². The van der Waals surface area contributed by atoms with Crippen molar-refractivity contribution >= 4 is 40.9 Å². The predicted octanol–water partition coefficient (Wildman–Crippen LogP) is 1.58. The van der Waals surface area contributed by atoms with Crippen LogP contribution in [0.5, 0.6) is 0 Å². The van der Waals surface area contributed by atoms with Gasteiger partial charge in [-0.25, -0.2) is 4.79 Å². The molecule has 1 atom stereocenters. The zero-order valence-corrected chi connectivity index (χ0v) is 14.7. The van der Waals surface area contributed by atoms with E-state index in [1.807, 2.05) is 6.07 Å². The Hall–Kier alpha value is -1.54. The van der Waals surface area contributed by atoms with Crippen molar-refractivity contribution in [2.24, 2.45) is 0 Å². The number of rotatable bonds is 6. The molecule has 1 aliphatic heterocycles. The number of methoxy groups -OCH3 is 1. The zero-order valence-electron chi connectivity index (χ0n) is 13.1. The molecule has 2 rings (SSSR count). The first-order chi connectivity index (χ1) is 11.1. The third-order valence-electron chi connectivity index (χ3n) is 3.36. The van der Waals surface area contributed by atoms with Crippen LogP contribution in [-0.2, 0) is 25.5 Å². The summed E-state index contributed by atoms with van der Waals surface area (Å²) in [5.74, 6) is -0.301. The molecule has 0 spiro atoms. The number of carbonyl (C=O) groups excluding carboxylic acids is 3. The lowest BCUT2D eigenvalue weighted by Gasteiger charge is -2.30. The number of thioether (sulfide) groups is 1. The highest BCUT2D eigenvalue weighted by atomic mass is 32.2. The molecule has 1 aromatic rings. The molecule has 0 aliphatic carbocycles. The minimum Gasteiger partial charge on any atom is -0.468 e. The zero-order chi connectivity index (χ0) is 16.8. The summed E-state index contributed by atoms with van der Waals surface area (Å²) in [6.07, 6.45) is 0.647. The molecule has 23 heavy (non-hydrogen) atoms. The molecule has 2 heterocycles. The van der Waals surface area contributed by atoms with E-state index in [4.69, 9.17) is 4.74 Å². The molecule has 1 amide bonds. The van der Waals surface area contributed by atoms with E-state index in [2.05, 4.69) is 4.74 Å². The molecular weight excluding hydrogens is 338 g/mol. The van der Waals surface area contributed by atoms with Crippen LogP contribution in [0.4, 0.5) is 0 Å². The first kappa shape index (κ1) is 17.8. The maximum Gasteiger partial charge on any atom is 0.348 e. The Morgan fingerprint density at radius 2 is 2.17 bits per heavy atom. The lowest BCUT2D eigenvalue weighted by Crippen LogP contribution is -2.47. The normalized spacial score (nSPS) is 17.9. The first-order valence-electron chi connectivity index (χ1n) is 7.30. The summed E-state index contributed by atoms with van der Waals surface area (Å²) in [5, 5.41) is -0.757. The minimum absolute atomic E-state index is 0.199. The highest BCUT2D eigenvalue weighted by molar-refractivity contribution is 8.01. The predicted molar refractivity (Wildman–Crippen MR) is 88.8 cm³/mol. The van der Waals surface area contributed by atoms with Crippen molar-refractivity contribution in [2.45, 2.75) is 18.6 Å². The summed E-state index contributed by atoms with van der Waals surface area (Å²) in [7, 11) is 1.29. The Labute approximate surface area is 143 Å². The van der Waals surface area contributed by atoms with E-state index in [1.165, 1.54) is 30.2 Å². The summed E-state index contributed by atoms with van der Waals surface area (Å²) in [5.41, 5.74) is 0. The van der Waals surface area contributed by atoms with Crippen LogP contribution >= 0.6 is 23.1 Å². The average Bonchev–Trinajstić information content (AvgIpc) is 3.02. The smallest absolute Gasteiger partial charge is 0.348 e. The maximum absolute atomic E-state index is 12.3. The van der Waals surface area contributed by atoms with E-state index in [0.29, 0.717) is 36.7 Å². The maximum atomic E-state index is 12.3. The van der Waals surface area contributed by atoms with Crippen molar-refractivity contribution in [3.63, 3.8) is 0 Å². The molecule has 0 N–H and O–H groups in total. The summed E-state index contributed by atoms with van der Waals surface area (Å²) in [4.78, 5) is 38.8. The summed E-state index contributed by atoms with van der Waals surface area (Å²) in [6.45, 7) is 3.26. The number of esters is 2. The van der Waals surface area contributed by atoms with Crippen LogP contribution in [0.15, 0.2) is 12.1 Å². The topological polar surface area (TPSA) is 72.9 Å². The number of thiophene rings is 1. The second-order valence-corrected chi connectivity index (χ2v) is 7.22. The fraction of sp³-hybridized carbons (Fsp3) is 0.533. The van der Waals surface area contributed by atoms with Crippen LogP contribution in [0.1, 0.15) is 21.5 Å². The van der Waals surface area contributed by atoms with Crippen LogP contribution < -0.4 is 0 Å². The molecule has 6 nitrogen and oxygen atoms in total. The van der Waals surface area contributed by atoms with E-state index in [9.17, 15) is 14.4 Å². The lowest BCUT2D eigenvalue weighted by atomic mass is 10.2. The third kappa shape index (κ3) is 4.48. The van der Waals surface area contributed by atoms with Gasteiger partial charge in [0.05, 0.1) is 13.7 Å².